The molecule has 2 aromatic rings. The minimum Gasteiger partial charge on any atom is -0.405 e. The van der Waals surface area contributed by atoms with Gasteiger partial charge in [0, 0.05) is 7.05 Å². The molecule has 0 bridgehead atoms. The summed E-state index contributed by atoms with van der Waals surface area (Å²) >= 11 is 7.14. The highest BCUT2D eigenvalue weighted by molar-refractivity contribution is 7.99. The van der Waals surface area contributed by atoms with Gasteiger partial charge in [-0.1, -0.05) is 23.6 Å². The molecule has 1 aromatic heterocycles. The molecule has 1 heterocycles. The van der Waals surface area contributed by atoms with E-state index in [9.17, 15) is 18.0 Å². The van der Waals surface area contributed by atoms with E-state index in [1.165, 1.54) is 11.7 Å². The van der Waals surface area contributed by atoms with Gasteiger partial charge in [-0.15, -0.1) is 24.9 Å². The Morgan fingerprint density at radius 1 is 1.46 bits per heavy atom. The van der Waals surface area contributed by atoms with E-state index in [2.05, 4.69) is 25.6 Å². The number of thioether (sulfide) groups is 1. The standard InChI is InChI=1S/C12H11ClF3N5O2S/c1-3-24-9-7(23-12(14,15)16)5-4-6(8(9)13)10(22)17-11-18-19-20-21(11)2/h4-5H,3H2,1-2H3,(H,17,18,20,22). The zero-order valence-electron chi connectivity index (χ0n) is 12.4. The maximum atomic E-state index is 12.5. The number of anilines is 1. The highest BCUT2D eigenvalue weighted by atomic mass is 35.5. The third-order valence-corrected chi connectivity index (χ3v) is 4.15. The fraction of sp³-hybridized carbons (Fsp3) is 0.333. The Balaban J connectivity index is 2.35. The molecule has 1 N–H and O–H groups in total. The Bertz CT molecular complexity index is 753. The first-order valence-electron chi connectivity index (χ1n) is 6.47. The molecule has 12 heteroatoms. The Hall–Kier alpha value is -2.01. The van der Waals surface area contributed by atoms with Gasteiger partial charge in [-0.3, -0.25) is 10.1 Å². The molecular weight excluding hydrogens is 371 g/mol. The quantitative estimate of drug-likeness (QED) is 0.801. The predicted octanol–water partition coefficient (Wildman–Crippen LogP) is 3.13. The van der Waals surface area contributed by atoms with E-state index < -0.39 is 18.0 Å². The largest absolute Gasteiger partial charge is 0.573 e. The second kappa shape index (κ2) is 7.26. The lowest BCUT2D eigenvalue weighted by molar-refractivity contribution is -0.275. The van der Waals surface area contributed by atoms with Crippen LogP contribution in [-0.4, -0.2) is 38.2 Å². The van der Waals surface area contributed by atoms with Gasteiger partial charge in [0.1, 0.15) is 5.75 Å². The van der Waals surface area contributed by atoms with Gasteiger partial charge in [-0.05, 0) is 28.3 Å². The van der Waals surface area contributed by atoms with E-state index >= 15 is 0 Å². The fourth-order valence-corrected chi connectivity index (χ4v) is 2.88. The number of nitrogens with one attached hydrogen (secondary N) is 1. The number of rotatable bonds is 5. The van der Waals surface area contributed by atoms with Crippen LogP contribution in [0.5, 0.6) is 5.75 Å². The van der Waals surface area contributed by atoms with Gasteiger partial charge in [-0.25, -0.2) is 4.68 Å². The van der Waals surface area contributed by atoms with Crippen molar-refractivity contribution in [2.24, 2.45) is 7.05 Å². The number of halogens is 4. The fourth-order valence-electron chi connectivity index (χ4n) is 1.70. The smallest absolute Gasteiger partial charge is 0.405 e. The minimum absolute atomic E-state index is 0.0230. The summed E-state index contributed by atoms with van der Waals surface area (Å²) in [7, 11) is 1.51. The Morgan fingerprint density at radius 3 is 2.71 bits per heavy atom. The number of amides is 1. The van der Waals surface area contributed by atoms with E-state index in [1.54, 1.807) is 6.92 Å². The van der Waals surface area contributed by atoms with Crippen LogP contribution in [0.25, 0.3) is 0 Å². The molecule has 7 nitrogen and oxygen atoms in total. The maximum Gasteiger partial charge on any atom is 0.573 e. The topological polar surface area (TPSA) is 81.9 Å². The second-order valence-electron chi connectivity index (χ2n) is 4.32. The molecule has 0 fully saturated rings. The van der Waals surface area contributed by atoms with Crippen LogP contribution in [0.15, 0.2) is 17.0 Å². The van der Waals surface area contributed by atoms with Gasteiger partial charge in [-0.2, -0.15) is 0 Å². The number of benzene rings is 1. The summed E-state index contributed by atoms with van der Waals surface area (Å²) in [5.41, 5.74) is -0.0230. The lowest BCUT2D eigenvalue weighted by Gasteiger charge is -2.15. The number of tetrazole rings is 1. The average Bonchev–Trinajstić information content (AvgIpc) is 2.86. The first kappa shape index (κ1) is 18.3. The van der Waals surface area contributed by atoms with Crippen molar-refractivity contribution in [1.82, 2.24) is 20.2 Å². The van der Waals surface area contributed by atoms with Crippen LogP contribution >= 0.6 is 23.4 Å². The molecule has 2 rings (SSSR count). The Morgan fingerprint density at radius 2 is 2.17 bits per heavy atom. The number of alkyl halides is 3. The first-order valence-corrected chi connectivity index (χ1v) is 7.84. The van der Waals surface area contributed by atoms with Crippen molar-refractivity contribution in [1.29, 1.82) is 0 Å². The van der Waals surface area contributed by atoms with Gasteiger partial charge in [0.15, 0.2) is 0 Å². The molecule has 0 spiro atoms. The van der Waals surface area contributed by atoms with Crippen LogP contribution in [0.3, 0.4) is 0 Å². The molecule has 1 amide bonds. The molecule has 0 aliphatic rings. The molecule has 0 radical (unpaired) electrons. The third kappa shape index (κ3) is 4.29. The lowest BCUT2D eigenvalue weighted by atomic mass is 10.2. The van der Waals surface area contributed by atoms with Gasteiger partial charge in [0.2, 0.25) is 5.95 Å². The van der Waals surface area contributed by atoms with E-state index in [0.717, 1.165) is 23.9 Å². The van der Waals surface area contributed by atoms with Gasteiger partial charge in [0.05, 0.1) is 15.5 Å². The van der Waals surface area contributed by atoms with Gasteiger partial charge >= 0.3 is 6.36 Å². The van der Waals surface area contributed by atoms with E-state index in [-0.39, 0.29) is 21.4 Å². The van der Waals surface area contributed by atoms with Crippen LogP contribution in [0.2, 0.25) is 5.02 Å². The zero-order chi connectivity index (χ0) is 17.9. The molecule has 1 aromatic carbocycles. The van der Waals surface area contributed by atoms with Crippen molar-refractivity contribution in [3.8, 4) is 5.75 Å². The molecule has 0 unspecified atom stereocenters. The Kier molecular flexibility index (Phi) is 5.54. The summed E-state index contributed by atoms with van der Waals surface area (Å²) < 4.78 is 42.6. The zero-order valence-corrected chi connectivity index (χ0v) is 14.0. The number of hydrogen-bond donors (Lipinski definition) is 1. The molecule has 0 atom stereocenters. The van der Waals surface area contributed by atoms with E-state index in [4.69, 9.17) is 11.6 Å². The van der Waals surface area contributed by atoms with Crippen molar-refractivity contribution in [2.45, 2.75) is 18.2 Å². The predicted molar refractivity (Wildman–Crippen MR) is 81.3 cm³/mol. The molecular formula is C12H11ClF3N5O2S. The lowest BCUT2D eigenvalue weighted by Crippen LogP contribution is -2.19. The number of carbonyl (C=O) groups excluding carboxylic acids is 1. The molecule has 0 saturated heterocycles. The average molecular weight is 382 g/mol. The normalized spacial score (nSPS) is 11.4. The van der Waals surface area contributed by atoms with Crippen LogP contribution in [0, 0.1) is 0 Å². The van der Waals surface area contributed by atoms with Crippen molar-refractivity contribution in [2.75, 3.05) is 11.1 Å². The van der Waals surface area contributed by atoms with Crippen molar-refractivity contribution >= 4 is 35.2 Å². The maximum absolute atomic E-state index is 12.5. The molecule has 130 valence electrons. The number of nitrogens with zero attached hydrogens (tertiary/aromatic N) is 4. The van der Waals surface area contributed by atoms with Crippen LogP contribution in [0.1, 0.15) is 17.3 Å². The van der Waals surface area contributed by atoms with Crippen molar-refractivity contribution in [3.05, 3.63) is 22.7 Å². The summed E-state index contributed by atoms with van der Waals surface area (Å²) in [6.45, 7) is 1.73. The van der Waals surface area contributed by atoms with Crippen LogP contribution in [0.4, 0.5) is 19.1 Å². The van der Waals surface area contributed by atoms with Crippen LogP contribution < -0.4 is 10.1 Å². The summed E-state index contributed by atoms with van der Waals surface area (Å²) in [6.07, 6.45) is -4.86. The molecule has 0 aliphatic heterocycles. The minimum atomic E-state index is -4.86. The number of aromatic nitrogens is 4. The Labute approximate surface area is 143 Å². The number of carbonyl (C=O) groups is 1. The van der Waals surface area contributed by atoms with Gasteiger partial charge < -0.3 is 4.74 Å². The number of ether oxygens (including phenoxy) is 1. The van der Waals surface area contributed by atoms with E-state index in [1.807, 2.05) is 0 Å². The summed E-state index contributed by atoms with van der Waals surface area (Å²) in [5, 5.41) is 12.8. The summed E-state index contributed by atoms with van der Waals surface area (Å²) in [5.74, 6) is -0.617. The summed E-state index contributed by atoms with van der Waals surface area (Å²) in [6, 6.07) is 2.18. The SMILES string of the molecule is CCSc1c(OC(F)(F)F)ccc(C(=O)Nc2nnnn2C)c1Cl. The van der Waals surface area contributed by atoms with Gasteiger partial charge in [0.25, 0.3) is 5.91 Å². The summed E-state index contributed by atoms with van der Waals surface area (Å²) in [4.78, 5) is 12.3. The first-order chi connectivity index (χ1) is 11.2. The molecule has 0 saturated carbocycles. The van der Waals surface area contributed by atoms with Crippen molar-refractivity contribution < 1.29 is 22.7 Å². The van der Waals surface area contributed by atoms with Crippen molar-refractivity contribution in [3.63, 3.8) is 0 Å². The second-order valence-corrected chi connectivity index (χ2v) is 5.97. The van der Waals surface area contributed by atoms with Crippen LogP contribution in [-0.2, 0) is 7.05 Å². The monoisotopic (exact) mass is 381 g/mol. The number of hydrogen-bond acceptors (Lipinski definition) is 6. The third-order valence-electron chi connectivity index (χ3n) is 2.67. The molecule has 24 heavy (non-hydrogen) atoms. The van der Waals surface area contributed by atoms with E-state index in [0.29, 0.717) is 5.75 Å². The highest BCUT2D eigenvalue weighted by Crippen LogP contribution is 2.40. The highest BCUT2D eigenvalue weighted by Gasteiger charge is 2.33. The molecule has 0 aliphatic carbocycles. The number of aryl methyl sites for hydroxylation is 1.